The van der Waals surface area contributed by atoms with Gasteiger partial charge in [0, 0.05) is 50.7 Å². The van der Waals surface area contributed by atoms with Crippen LogP contribution < -0.4 is 4.90 Å². The van der Waals surface area contributed by atoms with E-state index < -0.39 is 0 Å². The third kappa shape index (κ3) is 3.36. The van der Waals surface area contributed by atoms with Crippen molar-refractivity contribution in [3.8, 4) is 0 Å². The van der Waals surface area contributed by atoms with Crippen molar-refractivity contribution in [2.24, 2.45) is 5.92 Å². The minimum Gasteiger partial charge on any atom is -0.355 e. The number of carbonyl (C=O) groups is 1. The van der Waals surface area contributed by atoms with Gasteiger partial charge in [0.15, 0.2) is 0 Å². The average molecular weight is 340 g/mol. The molecule has 0 aromatic carbocycles. The number of hydrogen-bond donors (Lipinski definition) is 0. The summed E-state index contributed by atoms with van der Waals surface area (Å²) >= 11 is 0. The first-order valence-electron chi connectivity index (χ1n) is 9.01. The van der Waals surface area contributed by atoms with Crippen molar-refractivity contribution >= 4 is 11.7 Å². The monoisotopic (exact) mass is 340 g/mol. The molecule has 0 aliphatic carbocycles. The molecule has 2 saturated heterocycles. The molecule has 1 unspecified atom stereocenters. The Balaban J connectivity index is 1.32. The number of amides is 1. The van der Waals surface area contributed by atoms with Crippen molar-refractivity contribution in [2.75, 3.05) is 31.1 Å². The Morgan fingerprint density at radius 1 is 1.12 bits per heavy atom. The Bertz CT molecular complexity index is 722. The standard InChI is InChI=1S/C18H24N6O/c1-14-10-21-24(12-14)16-4-9-23(13-16)18(25)15-2-7-22(8-3-15)17-11-19-5-6-20-17/h5-6,10-12,15-16H,2-4,7-9,13H2,1H3. The first-order chi connectivity index (χ1) is 12.2. The second-order valence-electron chi connectivity index (χ2n) is 7.05. The van der Waals surface area contributed by atoms with E-state index in [1.165, 1.54) is 5.56 Å². The predicted molar refractivity (Wildman–Crippen MR) is 94.2 cm³/mol. The quantitative estimate of drug-likeness (QED) is 0.850. The highest BCUT2D eigenvalue weighted by Gasteiger charge is 2.33. The molecule has 2 fully saturated rings. The third-order valence-electron chi connectivity index (χ3n) is 5.30. The first-order valence-corrected chi connectivity index (χ1v) is 9.01. The SMILES string of the molecule is Cc1cnn(C2CCN(C(=O)C3CCN(c4cnccn4)CC3)C2)c1. The summed E-state index contributed by atoms with van der Waals surface area (Å²) in [5.74, 6) is 1.35. The smallest absolute Gasteiger partial charge is 0.225 e. The zero-order valence-corrected chi connectivity index (χ0v) is 14.6. The van der Waals surface area contributed by atoms with E-state index in [0.717, 1.165) is 51.3 Å². The fourth-order valence-corrected chi connectivity index (χ4v) is 3.86. The predicted octanol–water partition coefficient (Wildman–Crippen LogP) is 1.67. The molecule has 0 spiro atoms. The van der Waals surface area contributed by atoms with Crippen LogP contribution in [0.15, 0.2) is 31.0 Å². The molecule has 0 bridgehead atoms. The van der Waals surface area contributed by atoms with Crippen LogP contribution in [0.3, 0.4) is 0 Å². The first kappa shape index (κ1) is 16.1. The molecule has 1 amide bonds. The van der Waals surface area contributed by atoms with Crippen molar-refractivity contribution in [2.45, 2.75) is 32.2 Å². The van der Waals surface area contributed by atoms with E-state index in [-0.39, 0.29) is 5.92 Å². The van der Waals surface area contributed by atoms with Crippen LogP contribution in [0.1, 0.15) is 30.9 Å². The van der Waals surface area contributed by atoms with Crippen molar-refractivity contribution in [1.29, 1.82) is 0 Å². The largest absolute Gasteiger partial charge is 0.355 e. The highest BCUT2D eigenvalue weighted by molar-refractivity contribution is 5.79. The molecule has 25 heavy (non-hydrogen) atoms. The highest BCUT2D eigenvalue weighted by Crippen LogP contribution is 2.27. The average Bonchev–Trinajstić information content (AvgIpc) is 3.31. The Morgan fingerprint density at radius 2 is 1.96 bits per heavy atom. The maximum atomic E-state index is 12.9. The number of nitrogens with zero attached hydrogens (tertiary/aromatic N) is 6. The minimum atomic E-state index is 0.131. The molecule has 2 aliphatic heterocycles. The molecule has 1 atom stereocenters. The van der Waals surface area contributed by atoms with Gasteiger partial charge < -0.3 is 9.80 Å². The van der Waals surface area contributed by atoms with Crippen LogP contribution in [-0.2, 0) is 4.79 Å². The van der Waals surface area contributed by atoms with Gasteiger partial charge in [0.1, 0.15) is 5.82 Å². The number of likely N-dealkylation sites (tertiary alicyclic amines) is 1. The lowest BCUT2D eigenvalue weighted by atomic mass is 9.95. The number of carbonyl (C=O) groups excluding carboxylic acids is 1. The summed E-state index contributed by atoms with van der Waals surface area (Å²) in [4.78, 5) is 25.6. The topological polar surface area (TPSA) is 67.2 Å². The zero-order valence-electron chi connectivity index (χ0n) is 14.6. The summed E-state index contributed by atoms with van der Waals surface area (Å²) in [7, 11) is 0. The van der Waals surface area contributed by atoms with E-state index in [9.17, 15) is 4.79 Å². The third-order valence-corrected chi connectivity index (χ3v) is 5.30. The number of anilines is 1. The lowest BCUT2D eigenvalue weighted by molar-refractivity contribution is -0.135. The van der Waals surface area contributed by atoms with Gasteiger partial charge in [0.2, 0.25) is 5.91 Å². The van der Waals surface area contributed by atoms with Crippen LogP contribution >= 0.6 is 0 Å². The fraction of sp³-hybridized carbons (Fsp3) is 0.556. The molecule has 7 nitrogen and oxygen atoms in total. The molecule has 132 valence electrons. The van der Waals surface area contributed by atoms with Crippen LogP contribution in [0.25, 0.3) is 0 Å². The van der Waals surface area contributed by atoms with Gasteiger partial charge in [-0.05, 0) is 31.7 Å². The van der Waals surface area contributed by atoms with Gasteiger partial charge >= 0.3 is 0 Å². The van der Waals surface area contributed by atoms with Gasteiger partial charge in [-0.15, -0.1) is 0 Å². The number of aromatic nitrogens is 4. The van der Waals surface area contributed by atoms with Crippen molar-refractivity contribution in [3.63, 3.8) is 0 Å². The molecule has 0 N–H and O–H groups in total. The summed E-state index contributed by atoms with van der Waals surface area (Å²) in [6, 6.07) is 0.317. The summed E-state index contributed by atoms with van der Waals surface area (Å²) in [5.41, 5.74) is 1.17. The molecule has 2 aromatic rings. The number of piperidine rings is 1. The zero-order chi connectivity index (χ0) is 17.2. The van der Waals surface area contributed by atoms with E-state index in [4.69, 9.17) is 0 Å². The van der Waals surface area contributed by atoms with Crippen molar-refractivity contribution < 1.29 is 4.79 Å². The molecule has 4 rings (SSSR count). The summed E-state index contributed by atoms with van der Waals surface area (Å²) < 4.78 is 2.01. The molecule has 7 heteroatoms. The number of aryl methyl sites for hydroxylation is 1. The Hall–Kier alpha value is -2.44. The van der Waals surface area contributed by atoms with Crippen molar-refractivity contribution in [1.82, 2.24) is 24.6 Å². The molecule has 2 aliphatic rings. The maximum Gasteiger partial charge on any atom is 0.225 e. The lowest BCUT2D eigenvalue weighted by Gasteiger charge is -2.33. The highest BCUT2D eigenvalue weighted by atomic mass is 16.2. The van der Waals surface area contributed by atoms with Gasteiger partial charge in [-0.1, -0.05) is 0 Å². The van der Waals surface area contributed by atoms with Crippen LogP contribution in [-0.4, -0.2) is 56.7 Å². The molecular weight excluding hydrogens is 316 g/mol. The van der Waals surface area contributed by atoms with Gasteiger partial charge in [-0.25, -0.2) is 4.98 Å². The fourth-order valence-electron chi connectivity index (χ4n) is 3.86. The number of hydrogen-bond acceptors (Lipinski definition) is 5. The van der Waals surface area contributed by atoms with Gasteiger partial charge in [0.25, 0.3) is 0 Å². The van der Waals surface area contributed by atoms with E-state index in [1.54, 1.807) is 18.6 Å². The summed E-state index contributed by atoms with van der Waals surface area (Å²) in [6.45, 7) is 5.40. The minimum absolute atomic E-state index is 0.131. The van der Waals surface area contributed by atoms with Gasteiger partial charge in [-0.2, -0.15) is 5.10 Å². The molecular formula is C18H24N6O. The summed E-state index contributed by atoms with van der Waals surface area (Å²) in [6.07, 6.45) is 11.9. The lowest BCUT2D eigenvalue weighted by Crippen LogP contribution is -2.42. The van der Waals surface area contributed by atoms with E-state index >= 15 is 0 Å². The molecule has 0 saturated carbocycles. The normalized spacial score (nSPS) is 21.7. The Kier molecular flexibility index (Phi) is 4.38. The second-order valence-corrected chi connectivity index (χ2v) is 7.05. The number of rotatable bonds is 3. The van der Waals surface area contributed by atoms with Crippen LogP contribution in [0, 0.1) is 12.8 Å². The molecule has 0 radical (unpaired) electrons. The van der Waals surface area contributed by atoms with E-state index in [0.29, 0.717) is 11.9 Å². The molecule has 4 heterocycles. The Labute approximate surface area is 147 Å². The van der Waals surface area contributed by atoms with Crippen LogP contribution in [0.4, 0.5) is 5.82 Å². The maximum absolute atomic E-state index is 12.9. The van der Waals surface area contributed by atoms with Crippen LogP contribution in [0.5, 0.6) is 0 Å². The van der Waals surface area contributed by atoms with Crippen molar-refractivity contribution in [3.05, 3.63) is 36.5 Å². The van der Waals surface area contributed by atoms with Gasteiger partial charge in [-0.3, -0.25) is 14.5 Å². The summed E-state index contributed by atoms with van der Waals surface area (Å²) in [5, 5.41) is 4.41. The Morgan fingerprint density at radius 3 is 2.64 bits per heavy atom. The second kappa shape index (κ2) is 6.82. The van der Waals surface area contributed by atoms with E-state index in [2.05, 4.69) is 26.2 Å². The van der Waals surface area contributed by atoms with Gasteiger partial charge in [0.05, 0.1) is 18.4 Å². The van der Waals surface area contributed by atoms with Crippen LogP contribution in [0.2, 0.25) is 0 Å². The molecule has 2 aromatic heterocycles. The van der Waals surface area contributed by atoms with E-state index in [1.807, 2.05) is 22.7 Å².